The van der Waals surface area contributed by atoms with Crippen molar-refractivity contribution in [2.45, 2.75) is 19.3 Å². The van der Waals surface area contributed by atoms with E-state index < -0.39 is 0 Å². The zero-order chi connectivity index (χ0) is 44.4. The standard InChI is InChI=1S/C63H42N2O2/c1-63(2)61-49-26-12-10-22-45(49)55(65(40-19-7-4-8-20-40)43-31-34-59-53(37-43)47-24-14-16-28-57(47)67-59)38-54(61)60-48-25-11-9-21-44(48)51-35-41(29-32-50(51)62(60)63)64(39-17-5-3-6-18-39)42-30-33-58-52(36-42)46-23-13-15-27-56(46)66-58/h3-38H,1-2H3. The lowest BCUT2D eigenvalue weighted by molar-refractivity contribution is 0.668. The summed E-state index contributed by atoms with van der Waals surface area (Å²) in [6.07, 6.45) is 0. The Bertz CT molecular complexity index is 4140. The molecule has 0 amide bonds. The van der Waals surface area contributed by atoms with Gasteiger partial charge in [-0.15, -0.1) is 0 Å². The van der Waals surface area contributed by atoms with Gasteiger partial charge in [-0.05, 0) is 140 Å². The van der Waals surface area contributed by atoms with E-state index in [9.17, 15) is 0 Å². The minimum absolute atomic E-state index is 0.328. The summed E-state index contributed by atoms with van der Waals surface area (Å²) in [5, 5.41) is 11.9. The number of para-hydroxylation sites is 4. The smallest absolute Gasteiger partial charge is 0.135 e. The van der Waals surface area contributed by atoms with E-state index in [0.717, 1.165) is 78.0 Å². The van der Waals surface area contributed by atoms with Gasteiger partial charge in [0.2, 0.25) is 0 Å². The van der Waals surface area contributed by atoms with Crippen LogP contribution in [-0.4, -0.2) is 0 Å². The largest absolute Gasteiger partial charge is 0.456 e. The van der Waals surface area contributed by atoms with Crippen molar-refractivity contribution >= 4 is 110 Å². The highest BCUT2D eigenvalue weighted by Gasteiger charge is 2.41. The van der Waals surface area contributed by atoms with Gasteiger partial charge in [-0.3, -0.25) is 0 Å². The summed E-state index contributed by atoms with van der Waals surface area (Å²) >= 11 is 0. The minimum Gasteiger partial charge on any atom is -0.456 e. The summed E-state index contributed by atoms with van der Waals surface area (Å²) in [5.74, 6) is 0. The van der Waals surface area contributed by atoms with Crippen LogP contribution in [0.5, 0.6) is 0 Å². The summed E-state index contributed by atoms with van der Waals surface area (Å²) < 4.78 is 12.6. The number of fused-ring (bicyclic) bond motifs is 16. The molecule has 0 N–H and O–H groups in total. The van der Waals surface area contributed by atoms with Crippen LogP contribution < -0.4 is 9.80 Å². The van der Waals surface area contributed by atoms with Crippen molar-refractivity contribution in [1.29, 1.82) is 0 Å². The van der Waals surface area contributed by atoms with Crippen molar-refractivity contribution in [3.8, 4) is 11.1 Å². The SMILES string of the molecule is CC1(C)c2c(cc(N(c3ccccc3)c3ccc4oc5ccccc5c4c3)c3ccccc23)-c2c1c1ccc(N(c3ccccc3)c3ccc4oc5ccccc5c4c3)cc1c1ccccc21. The van der Waals surface area contributed by atoms with Gasteiger partial charge in [-0.1, -0.05) is 141 Å². The van der Waals surface area contributed by atoms with Crippen LogP contribution in [0.15, 0.2) is 227 Å². The van der Waals surface area contributed by atoms with Gasteiger partial charge in [0.05, 0.1) is 5.69 Å². The Morgan fingerprint density at radius 3 is 1.34 bits per heavy atom. The van der Waals surface area contributed by atoms with Crippen LogP contribution in [0.4, 0.5) is 34.1 Å². The summed E-state index contributed by atoms with van der Waals surface area (Å²) in [7, 11) is 0. The van der Waals surface area contributed by atoms with E-state index in [-0.39, 0.29) is 5.41 Å². The molecule has 316 valence electrons. The predicted molar refractivity (Wildman–Crippen MR) is 280 cm³/mol. The highest BCUT2D eigenvalue weighted by atomic mass is 16.3. The molecule has 0 saturated heterocycles. The molecule has 4 nitrogen and oxygen atoms in total. The maximum atomic E-state index is 6.33. The average Bonchev–Trinajstić information content (AvgIpc) is 4.02. The second-order valence-electron chi connectivity index (χ2n) is 18.4. The van der Waals surface area contributed by atoms with Gasteiger partial charge in [0.15, 0.2) is 0 Å². The van der Waals surface area contributed by atoms with E-state index in [1.165, 1.54) is 54.6 Å². The number of furan rings is 2. The molecular weight excluding hydrogens is 817 g/mol. The van der Waals surface area contributed by atoms with Crippen LogP contribution in [0.3, 0.4) is 0 Å². The number of anilines is 6. The Morgan fingerprint density at radius 1 is 0.299 bits per heavy atom. The zero-order valence-corrected chi connectivity index (χ0v) is 37.0. The number of hydrogen-bond donors (Lipinski definition) is 0. The zero-order valence-electron chi connectivity index (χ0n) is 37.0. The fourth-order valence-electron chi connectivity index (χ4n) is 11.5. The maximum absolute atomic E-state index is 6.33. The third-order valence-corrected chi connectivity index (χ3v) is 14.3. The quantitative estimate of drug-likeness (QED) is 0.156. The van der Waals surface area contributed by atoms with Gasteiger partial charge in [0.25, 0.3) is 0 Å². The van der Waals surface area contributed by atoms with Crippen LogP contribution in [0, 0.1) is 0 Å². The van der Waals surface area contributed by atoms with Crippen molar-refractivity contribution < 1.29 is 8.83 Å². The van der Waals surface area contributed by atoms with Crippen LogP contribution in [-0.2, 0) is 5.41 Å². The molecule has 0 unspecified atom stereocenters. The molecule has 1 aliphatic carbocycles. The number of nitrogens with zero attached hydrogens (tertiary/aromatic N) is 2. The Morgan fingerprint density at radius 2 is 0.731 bits per heavy atom. The number of benzene rings is 11. The molecule has 0 atom stereocenters. The Kier molecular flexibility index (Phi) is 8.00. The van der Waals surface area contributed by atoms with Crippen LogP contribution in [0.1, 0.15) is 25.0 Å². The second-order valence-corrected chi connectivity index (χ2v) is 18.4. The van der Waals surface area contributed by atoms with Gasteiger partial charge in [0.1, 0.15) is 22.3 Å². The molecule has 0 aliphatic heterocycles. The Balaban J connectivity index is 1.01. The molecule has 0 radical (unpaired) electrons. The third-order valence-electron chi connectivity index (χ3n) is 14.3. The molecule has 0 bridgehead atoms. The average molecular weight is 859 g/mol. The Labute approximate surface area is 387 Å². The highest BCUT2D eigenvalue weighted by molar-refractivity contribution is 6.21. The van der Waals surface area contributed by atoms with Crippen molar-refractivity contribution in [2.75, 3.05) is 9.80 Å². The monoisotopic (exact) mass is 858 g/mol. The van der Waals surface area contributed by atoms with E-state index >= 15 is 0 Å². The van der Waals surface area contributed by atoms with Crippen molar-refractivity contribution in [1.82, 2.24) is 0 Å². The van der Waals surface area contributed by atoms with Gasteiger partial charge in [-0.2, -0.15) is 0 Å². The second kappa shape index (κ2) is 14.2. The lowest BCUT2D eigenvalue weighted by atomic mass is 9.77. The molecule has 0 fully saturated rings. The molecule has 4 heteroatoms. The Hall–Kier alpha value is -8.60. The molecule has 1 aliphatic rings. The van der Waals surface area contributed by atoms with Crippen LogP contribution >= 0.6 is 0 Å². The first kappa shape index (κ1) is 37.7. The minimum atomic E-state index is -0.328. The molecule has 13 aromatic rings. The molecule has 14 rings (SSSR count). The van der Waals surface area contributed by atoms with Gasteiger partial charge in [0, 0.05) is 60.8 Å². The molecule has 2 heterocycles. The van der Waals surface area contributed by atoms with E-state index in [2.05, 4.69) is 224 Å². The van der Waals surface area contributed by atoms with Crippen molar-refractivity contribution in [3.05, 3.63) is 230 Å². The summed E-state index contributed by atoms with van der Waals surface area (Å²) in [6.45, 7) is 4.86. The molecule has 67 heavy (non-hydrogen) atoms. The molecule has 2 aromatic heterocycles. The number of hydrogen-bond acceptors (Lipinski definition) is 4. The summed E-state index contributed by atoms with van der Waals surface area (Å²) in [6, 6.07) is 79.0. The molecule has 11 aromatic carbocycles. The van der Waals surface area contributed by atoms with Crippen molar-refractivity contribution in [3.63, 3.8) is 0 Å². The summed E-state index contributed by atoms with van der Waals surface area (Å²) in [5.41, 5.74) is 15.1. The molecule has 0 spiro atoms. The summed E-state index contributed by atoms with van der Waals surface area (Å²) in [4.78, 5) is 4.82. The van der Waals surface area contributed by atoms with Crippen LogP contribution in [0.25, 0.3) is 87.3 Å². The van der Waals surface area contributed by atoms with Crippen molar-refractivity contribution in [2.24, 2.45) is 0 Å². The maximum Gasteiger partial charge on any atom is 0.135 e. The fraction of sp³-hybridized carbons (Fsp3) is 0.0476. The molecule has 0 saturated carbocycles. The third kappa shape index (κ3) is 5.54. The topological polar surface area (TPSA) is 32.8 Å². The van der Waals surface area contributed by atoms with E-state index in [4.69, 9.17) is 8.83 Å². The molecular formula is C63H42N2O2. The van der Waals surface area contributed by atoms with E-state index in [1.807, 2.05) is 18.2 Å². The first-order valence-electron chi connectivity index (χ1n) is 23.1. The fourth-order valence-corrected chi connectivity index (χ4v) is 11.5. The van der Waals surface area contributed by atoms with Gasteiger partial charge < -0.3 is 18.6 Å². The first-order chi connectivity index (χ1) is 33.0. The van der Waals surface area contributed by atoms with E-state index in [0.29, 0.717) is 0 Å². The predicted octanol–water partition coefficient (Wildman–Crippen LogP) is 18.2. The number of rotatable bonds is 6. The lowest BCUT2D eigenvalue weighted by Gasteiger charge is -2.30. The van der Waals surface area contributed by atoms with Crippen LogP contribution in [0.2, 0.25) is 0 Å². The van der Waals surface area contributed by atoms with Gasteiger partial charge >= 0.3 is 0 Å². The van der Waals surface area contributed by atoms with Gasteiger partial charge in [-0.25, -0.2) is 0 Å². The lowest BCUT2D eigenvalue weighted by Crippen LogP contribution is -2.17. The highest BCUT2D eigenvalue weighted by Crippen LogP contribution is 2.59. The normalized spacial score (nSPS) is 13.0. The van der Waals surface area contributed by atoms with E-state index in [1.54, 1.807) is 0 Å². The first-order valence-corrected chi connectivity index (χ1v) is 23.1.